The molecule has 2 aromatic rings. The number of hydrogen-bond donors (Lipinski definition) is 2. The molecule has 1 unspecified atom stereocenters. The third-order valence-corrected chi connectivity index (χ3v) is 5.82. The minimum atomic E-state index is -0.346. The van der Waals surface area contributed by atoms with Crippen molar-refractivity contribution in [2.24, 2.45) is 4.99 Å². The Hall–Kier alpha value is -3.06. The molecular formula is C23H25N3O3S. The molecule has 1 atom stereocenters. The fraction of sp³-hybridized carbons (Fsp3) is 0.261. The first-order chi connectivity index (χ1) is 14.5. The number of nitrogens with zero attached hydrogens (tertiary/aromatic N) is 1. The van der Waals surface area contributed by atoms with E-state index in [1.54, 1.807) is 0 Å². The molecule has 7 heteroatoms. The van der Waals surface area contributed by atoms with E-state index in [1.165, 1.54) is 18.9 Å². The van der Waals surface area contributed by atoms with Crippen molar-refractivity contribution in [2.45, 2.75) is 31.9 Å². The lowest BCUT2D eigenvalue weighted by atomic mass is 10.2. The van der Waals surface area contributed by atoms with Gasteiger partial charge in [0, 0.05) is 11.4 Å². The number of aliphatic imine (C=N–C) groups is 1. The van der Waals surface area contributed by atoms with E-state index in [2.05, 4.69) is 10.6 Å². The number of fused-ring (bicyclic) bond motifs is 1. The fourth-order valence-corrected chi connectivity index (χ4v) is 3.88. The maximum absolute atomic E-state index is 12.8. The van der Waals surface area contributed by atoms with Gasteiger partial charge in [-0.3, -0.25) is 9.59 Å². The molecule has 30 heavy (non-hydrogen) atoms. The second-order valence-electron chi connectivity index (χ2n) is 6.88. The number of aryl methyl sites for hydroxylation is 1. The summed E-state index contributed by atoms with van der Waals surface area (Å²) in [6, 6.07) is 15.3. The number of anilines is 2. The van der Waals surface area contributed by atoms with Crippen LogP contribution in [0.5, 0.6) is 0 Å². The van der Waals surface area contributed by atoms with Crippen LogP contribution in [0.4, 0.5) is 17.1 Å². The molecule has 0 radical (unpaired) electrons. The maximum Gasteiger partial charge on any atom is 0.311 e. The summed E-state index contributed by atoms with van der Waals surface area (Å²) in [7, 11) is 1.36. The topological polar surface area (TPSA) is 79.8 Å². The summed E-state index contributed by atoms with van der Waals surface area (Å²) >= 11 is 1.38. The molecule has 0 bridgehead atoms. The summed E-state index contributed by atoms with van der Waals surface area (Å²) in [6.07, 6.45) is 2.54. The van der Waals surface area contributed by atoms with E-state index in [0.29, 0.717) is 17.2 Å². The Morgan fingerprint density at radius 3 is 2.60 bits per heavy atom. The van der Waals surface area contributed by atoms with Gasteiger partial charge in [-0.25, -0.2) is 4.99 Å². The van der Waals surface area contributed by atoms with Gasteiger partial charge >= 0.3 is 5.97 Å². The molecule has 1 heterocycles. The number of carbonyl (C=O) groups is 2. The van der Waals surface area contributed by atoms with Crippen LogP contribution in [-0.4, -0.2) is 29.3 Å². The quantitative estimate of drug-likeness (QED) is 0.636. The maximum atomic E-state index is 12.8. The van der Waals surface area contributed by atoms with Crippen molar-refractivity contribution < 1.29 is 14.3 Å². The summed E-state index contributed by atoms with van der Waals surface area (Å²) in [5, 5.41) is 6.56. The van der Waals surface area contributed by atoms with Gasteiger partial charge in [0.25, 0.3) is 0 Å². The number of nitrogens with one attached hydrogen (secondary N) is 2. The molecule has 6 nitrogen and oxygen atoms in total. The normalized spacial score (nSPS) is 13.7. The molecule has 1 aliphatic rings. The molecule has 3 rings (SSSR count). The molecule has 1 amide bonds. The first-order valence-electron chi connectivity index (χ1n) is 9.74. The molecule has 0 aliphatic carbocycles. The summed E-state index contributed by atoms with van der Waals surface area (Å²) in [5.41, 5.74) is 4.13. The predicted molar refractivity (Wildman–Crippen MR) is 123 cm³/mol. The zero-order valence-electron chi connectivity index (χ0n) is 17.3. The van der Waals surface area contributed by atoms with Crippen molar-refractivity contribution in [1.82, 2.24) is 0 Å². The summed E-state index contributed by atoms with van der Waals surface area (Å²) in [4.78, 5) is 29.4. The highest BCUT2D eigenvalue weighted by Gasteiger charge is 2.22. The van der Waals surface area contributed by atoms with Crippen molar-refractivity contribution in [1.29, 1.82) is 0 Å². The lowest BCUT2D eigenvalue weighted by Gasteiger charge is -2.15. The number of methoxy groups -OCH3 is 1. The Morgan fingerprint density at radius 2 is 1.90 bits per heavy atom. The molecule has 1 aliphatic heterocycles. The minimum Gasteiger partial charge on any atom is -0.469 e. The highest BCUT2D eigenvalue weighted by Crippen LogP contribution is 2.32. The number of thioether (sulfide) groups is 1. The van der Waals surface area contributed by atoms with Crippen molar-refractivity contribution in [3.8, 4) is 0 Å². The molecule has 0 saturated carbocycles. The number of esters is 1. The predicted octanol–water partition coefficient (Wildman–Crippen LogP) is 5.05. The van der Waals surface area contributed by atoms with Gasteiger partial charge in [-0.1, -0.05) is 48.5 Å². The molecular weight excluding hydrogens is 398 g/mol. The first kappa shape index (κ1) is 21.6. The average Bonchev–Trinajstić information content (AvgIpc) is 2.91. The van der Waals surface area contributed by atoms with Gasteiger partial charge in [-0.15, -0.1) is 0 Å². The summed E-state index contributed by atoms with van der Waals surface area (Å²) in [6.45, 7) is 3.97. The molecule has 0 fully saturated rings. The van der Waals surface area contributed by atoms with Crippen LogP contribution in [0.25, 0.3) is 0 Å². The van der Waals surface area contributed by atoms with Gasteiger partial charge in [-0.2, -0.15) is 0 Å². The van der Waals surface area contributed by atoms with Gasteiger partial charge < -0.3 is 15.4 Å². The lowest BCUT2D eigenvalue weighted by molar-refractivity contribution is -0.139. The van der Waals surface area contributed by atoms with E-state index in [1.807, 2.05) is 68.5 Å². The van der Waals surface area contributed by atoms with E-state index in [-0.39, 0.29) is 23.5 Å². The number of carbonyl (C=O) groups excluding carboxylic acids is 2. The van der Waals surface area contributed by atoms with Crippen LogP contribution in [0.2, 0.25) is 0 Å². The van der Waals surface area contributed by atoms with Crippen molar-refractivity contribution in [3.63, 3.8) is 0 Å². The Balaban J connectivity index is 1.81. The molecule has 0 aromatic heterocycles. The SMILES string of the molecule is CCC(SC1=Nc2ccccc2NC(CC(=O)OC)=C1)C(=O)Nc1ccc(C)cc1. The second kappa shape index (κ2) is 10.1. The first-order valence-corrected chi connectivity index (χ1v) is 10.6. The van der Waals surface area contributed by atoms with Gasteiger partial charge in [0.05, 0.1) is 35.2 Å². The summed E-state index contributed by atoms with van der Waals surface area (Å²) in [5.74, 6) is -0.427. The molecule has 0 saturated heterocycles. The highest BCUT2D eigenvalue weighted by molar-refractivity contribution is 8.15. The monoisotopic (exact) mass is 423 g/mol. The van der Waals surface area contributed by atoms with Crippen LogP contribution in [0.1, 0.15) is 25.3 Å². The molecule has 2 N–H and O–H groups in total. The average molecular weight is 424 g/mol. The van der Waals surface area contributed by atoms with Gasteiger partial charge in [0.2, 0.25) is 5.91 Å². The second-order valence-corrected chi connectivity index (χ2v) is 8.11. The van der Waals surface area contributed by atoms with Gasteiger partial charge in [-0.05, 0) is 43.7 Å². The van der Waals surface area contributed by atoms with E-state index in [0.717, 1.165) is 22.6 Å². The number of rotatable bonds is 6. The van der Waals surface area contributed by atoms with Crippen LogP contribution < -0.4 is 10.6 Å². The zero-order valence-corrected chi connectivity index (χ0v) is 18.1. The third-order valence-electron chi connectivity index (χ3n) is 4.54. The Labute approximate surface area is 180 Å². The van der Waals surface area contributed by atoms with Gasteiger partial charge in [0.15, 0.2) is 0 Å². The van der Waals surface area contributed by atoms with Crippen LogP contribution >= 0.6 is 11.8 Å². The number of para-hydroxylation sites is 2. The number of hydrogen-bond acceptors (Lipinski definition) is 6. The van der Waals surface area contributed by atoms with Crippen LogP contribution in [0.15, 0.2) is 65.3 Å². The Bertz CT molecular complexity index is 983. The van der Waals surface area contributed by atoms with Crippen LogP contribution in [0.3, 0.4) is 0 Å². The largest absolute Gasteiger partial charge is 0.469 e. The van der Waals surface area contributed by atoms with E-state index in [9.17, 15) is 9.59 Å². The number of amides is 1. The number of ether oxygens (including phenoxy) is 1. The zero-order chi connectivity index (χ0) is 21.5. The van der Waals surface area contributed by atoms with Crippen molar-refractivity contribution in [2.75, 3.05) is 17.7 Å². The summed E-state index contributed by atoms with van der Waals surface area (Å²) < 4.78 is 4.80. The van der Waals surface area contributed by atoms with E-state index >= 15 is 0 Å². The minimum absolute atomic E-state index is 0.0811. The van der Waals surface area contributed by atoms with Crippen molar-refractivity contribution in [3.05, 3.63) is 65.9 Å². The van der Waals surface area contributed by atoms with Crippen LogP contribution in [0, 0.1) is 6.92 Å². The van der Waals surface area contributed by atoms with Gasteiger partial charge in [0.1, 0.15) is 0 Å². The van der Waals surface area contributed by atoms with E-state index < -0.39 is 0 Å². The fourth-order valence-electron chi connectivity index (χ4n) is 2.90. The van der Waals surface area contributed by atoms with Crippen molar-refractivity contribution >= 4 is 45.7 Å². The van der Waals surface area contributed by atoms with Crippen LogP contribution in [-0.2, 0) is 14.3 Å². The number of benzene rings is 2. The lowest BCUT2D eigenvalue weighted by Crippen LogP contribution is -2.25. The smallest absolute Gasteiger partial charge is 0.311 e. The Kier molecular flexibility index (Phi) is 7.30. The molecule has 2 aromatic carbocycles. The van der Waals surface area contributed by atoms with E-state index in [4.69, 9.17) is 9.73 Å². The third kappa shape index (κ3) is 5.73. The molecule has 0 spiro atoms. The highest BCUT2D eigenvalue weighted by atomic mass is 32.2. The Morgan fingerprint density at radius 1 is 1.17 bits per heavy atom. The standard InChI is InChI=1S/C23H25N3O3S/c1-4-20(23(28)25-16-11-9-15(2)10-12-16)30-21-13-17(14-22(27)29-3)24-18-7-5-6-8-19(18)26-21/h5-13,20,24H,4,14H2,1-3H3,(H,25,28). The molecule has 156 valence electrons.